The molecule has 0 unspecified atom stereocenters. The molecule has 0 saturated carbocycles. The van der Waals surface area contributed by atoms with Crippen LogP contribution in [-0.2, 0) is 13.1 Å². The zero-order chi connectivity index (χ0) is 18.8. The molecule has 0 spiro atoms. The Kier molecular flexibility index (Phi) is 4.56. The first-order valence-electron chi connectivity index (χ1n) is 8.77. The summed E-state index contributed by atoms with van der Waals surface area (Å²) in [6.45, 7) is 2.99. The van der Waals surface area contributed by atoms with Gasteiger partial charge in [0, 0.05) is 23.2 Å². The third kappa shape index (κ3) is 3.80. The van der Waals surface area contributed by atoms with E-state index in [1.807, 2.05) is 67.4 Å². The van der Waals surface area contributed by atoms with Gasteiger partial charge in [0.25, 0.3) is 5.56 Å². The van der Waals surface area contributed by atoms with E-state index >= 15 is 0 Å². The Morgan fingerprint density at radius 2 is 1.85 bits per heavy atom. The van der Waals surface area contributed by atoms with E-state index in [0.717, 1.165) is 22.0 Å². The first-order chi connectivity index (χ1) is 13.1. The fraction of sp³-hybridized carbons (Fsp3) is 0.190. The number of hydrogen-bond acceptors (Lipinski definition) is 5. The summed E-state index contributed by atoms with van der Waals surface area (Å²) in [6, 6.07) is 17.6. The Morgan fingerprint density at radius 1 is 1.04 bits per heavy atom. The molecule has 2 aromatic heterocycles. The number of aromatic nitrogens is 3. The first kappa shape index (κ1) is 17.2. The Hall–Kier alpha value is -3.25. The number of benzene rings is 2. The Labute approximate surface area is 156 Å². The highest BCUT2D eigenvalue weighted by atomic mass is 16.4. The van der Waals surface area contributed by atoms with Gasteiger partial charge in [-0.1, -0.05) is 29.8 Å². The number of aromatic amines is 1. The molecule has 4 aromatic rings. The first-order valence-corrected chi connectivity index (χ1v) is 8.77. The van der Waals surface area contributed by atoms with E-state index in [1.54, 1.807) is 0 Å². The lowest BCUT2D eigenvalue weighted by molar-refractivity contribution is 0.282. The molecule has 0 radical (unpaired) electrons. The predicted molar refractivity (Wildman–Crippen MR) is 104 cm³/mol. The predicted octanol–water partition coefficient (Wildman–Crippen LogP) is 3.52. The summed E-state index contributed by atoms with van der Waals surface area (Å²) >= 11 is 0. The second-order valence-electron chi connectivity index (χ2n) is 6.75. The van der Waals surface area contributed by atoms with Crippen molar-refractivity contribution in [3.05, 3.63) is 82.0 Å². The van der Waals surface area contributed by atoms with Crippen LogP contribution in [0.5, 0.6) is 0 Å². The van der Waals surface area contributed by atoms with Crippen LogP contribution in [-0.4, -0.2) is 27.1 Å². The van der Waals surface area contributed by atoms with E-state index in [9.17, 15) is 4.79 Å². The maximum atomic E-state index is 12.4. The fourth-order valence-corrected chi connectivity index (χ4v) is 3.08. The van der Waals surface area contributed by atoms with E-state index in [2.05, 4.69) is 21.2 Å². The maximum absolute atomic E-state index is 12.4. The molecular formula is C21H20N4O2. The van der Waals surface area contributed by atoms with Crippen molar-refractivity contribution in [2.24, 2.45) is 0 Å². The molecule has 27 heavy (non-hydrogen) atoms. The van der Waals surface area contributed by atoms with Crippen LogP contribution in [0.25, 0.3) is 22.4 Å². The summed E-state index contributed by atoms with van der Waals surface area (Å²) in [5.74, 6) is 1.02. The number of hydrogen-bond donors (Lipinski definition) is 1. The SMILES string of the molecule is Cc1ccc2[nH]c(=O)c(CN(C)Cc3nnc(-c4ccccc4)o3)cc2c1. The van der Waals surface area contributed by atoms with Crippen LogP contribution in [0.1, 0.15) is 17.0 Å². The van der Waals surface area contributed by atoms with Crippen LogP contribution >= 0.6 is 0 Å². The van der Waals surface area contributed by atoms with E-state index in [0.29, 0.717) is 30.4 Å². The van der Waals surface area contributed by atoms with Gasteiger partial charge in [0.15, 0.2) is 0 Å². The molecule has 0 amide bonds. The number of rotatable bonds is 5. The molecule has 6 nitrogen and oxygen atoms in total. The van der Waals surface area contributed by atoms with Crippen molar-refractivity contribution in [2.75, 3.05) is 7.05 Å². The summed E-state index contributed by atoms with van der Waals surface area (Å²) in [6.07, 6.45) is 0. The third-order valence-electron chi connectivity index (χ3n) is 4.41. The molecule has 0 fully saturated rings. The van der Waals surface area contributed by atoms with Crippen molar-refractivity contribution in [1.82, 2.24) is 20.1 Å². The molecule has 0 saturated heterocycles. The van der Waals surface area contributed by atoms with Gasteiger partial charge in [0.05, 0.1) is 6.54 Å². The van der Waals surface area contributed by atoms with Gasteiger partial charge in [-0.2, -0.15) is 0 Å². The third-order valence-corrected chi connectivity index (χ3v) is 4.41. The fourth-order valence-electron chi connectivity index (χ4n) is 3.08. The lowest BCUT2D eigenvalue weighted by Gasteiger charge is -2.14. The van der Waals surface area contributed by atoms with Crippen molar-refractivity contribution < 1.29 is 4.42 Å². The highest BCUT2D eigenvalue weighted by molar-refractivity contribution is 5.79. The average molecular weight is 360 g/mol. The number of fused-ring (bicyclic) bond motifs is 1. The lowest BCUT2D eigenvalue weighted by Crippen LogP contribution is -2.23. The summed E-state index contributed by atoms with van der Waals surface area (Å²) in [5.41, 5.74) is 3.53. The van der Waals surface area contributed by atoms with Gasteiger partial charge >= 0.3 is 0 Å². The Bertz CT molecular complexity index is 1130. The smallest absolute Gasteiger partial charge is 0.252 e. The zero-order valence-electron chi connectivity index (χ0n) is 15.3. The van der Waals surface area contributed by atoms with Crippen LogP contribution < -0.4 is 5.56 Å². The molecule has 2 aromatic carbocycles. The standard InChI is InChI=1S/C21H20N4O2/c1-14-8-9-18-16(10-14)11-17(20(26)22-18)12-25(2)13-19-23-24-21(27-19)15-6-4-3-5-7-15/h3-11H,12-13H2,1-2H3,(H,22,26). The van der Waals surface area contributed by atoms with Gasteiger partial charge in [0.1, 0.15) is 0 Å². The second kappa shape index (κ2) is 7.17. The van der Waals surface area contributed by atoms with E-state index < -0.39 is 0 Å². The quantitative estimate of drug-likeness (QED) is 0.589. The number of nitrogens with one attached hydrogen (secondary N) is 1. The van der Waals surface area contributed by atoms with E-state index in [4.69, 9.17) is 4.42 Å². The molecule has 1 N–H and O–H groups in total. The van der Waals surface area contributed by atoms with Crippen LogP contribution in [0.15, 0.2) is 63.8 Å². The molecule has 2 heterocycles. The van der Waals surface area contributed by atoms with Crippen LogP contribution in [0.2, 0.25) is 0 Å². The topological polar surface area (TPSA) is 75.0 Å². The second-order valence-corrected chi connectivity index (χ2v) is 6.75. The zero-order valence-corrected chi connectivity index (χ0v) is 15.3. The summed E-state index contributed by atoms with van der Waals surface area (Å²) < 4.78 is 5.74. The molecular weight excluding hydrogens is 340 g/mol. The Balaban J connectivity index is 1.50. The summed E-state index contributed by atoms with van der Waals surface area (Å²) in [5, 5.41) is 9.25. The van der Waals surface area contributed by atoms with Crippen molar-refractivity contribution in [3.8, 4) is 11.5 Å². The van der Waals surface area contributed by atoms with Gasteiger partial charge in [-0.25, -0.2) is 0 Å². The highest BCUT2D eigenvalue weighted by Gasteiger charge is 2.12. The summed E-state index contributed by atoms with van der Waals surface area (Å²) in [7, 11) is 1.92. The largest absolute Gasteiger partial charge is 0.419 e. The van der Waals surface area contributed by atoms with Gasteiger partial charge in [-0.3, -0.25) is 9.69 Å². The summed E-state index contributed by atoms with van der Waals surface area (Å²) in [4.78, 5) is 17.3. The van der Waals surface area contributed by atoms with E-state index in [1.165, 1.54) is 0 Å². The molecule has 0 atom stereocenters. The molecule has 4 rings (SSSR count). The van der Waals surface area contributed by atoms with Crippen molar-refractivity contribution >= 4 is 10.9 Å². The van der Waals surface area contributed by atoms with Gasteiger partial charge < -0.3 is 9.40 Å². The normalized spacial score (nSPS) is 11.4. The van der Waals surface area contributed by atoms with Gasteiger partial charge in [-0.15, -0.1) is 10.2 Å². The number of pyridine rings is 1. The minimum Gasteiger partial charge on any atom is -0.419 e. The van der Waals surface area contributed by atoms with Crippen LogP contribution in [0.4, 0.5) is 0 Å². The van der Waals surface area contributed by atoms with Gasteiger partial charge in [-0.05, 0) is 49.7 Å². The van der Waals surface area contributed by atoms with Crippen LogP contribution in [0.3, 0.4) is 0 Å². The molecule has 0 aliphatic heterocycles. The van der Waals surface area contributed by atoms with Gasteiger partial charge in [0.2, 0.25) is 11.8 Å². The molecule has 0 bridgehead atoms. The molecule has 0 aliphatic carbocycles. The number of aryl methyl sites for hydroxylation is 1. The number of H-pyrrole nitrogens is 1. The van der Waals surface area contributed by atoms with E-state index in [-0.39, 0.29) is 5.56 Å². The van der Waals surface area contributed by atoms with Crippen LogP contribution in [0, 0.1) is 6.92 Å². The lowest BCUT2D eigenvalue weighted by atomic mass is 10.1. The minimum atomic E-state index is -0.0753. The molecule has 6 heteroatoms. The van der Waals surface area contributed by atoms with Crippen molar-refractivity contribution in [3.63, 3.8) is 0 Å². The number of nitrogens with zero attached hydrogens (tertiary/aromatic N) is 3. The molecule has 136 valence electrons. The molecule has 0 aliphatic rings. The van der Waals surface area contributed by atoms with Crippen molar-refractivity contribution in [2.45, 2.75) is 20.0 Å². The highest BCUT2D eigenvalue weighted by Crippen LogP contribution is 2.18. The Morgan fingerprint density at radius 3 is 2.67 bits per heavy atom. The van der Waals surface area contributed by atoms with Crippen molar-refractivity contribution in [1.29, 1.82) is 0 Å². The monoisotopic (exact) mass is 360 g/mol. The average Bonchev–Trinajstić information content (AvgIpc) is 3.12. The maximum Gasteiger partial charge on any atom is 0.252 e. The minimum absolute atomic E-state index is 0.0753.